The van der Waals surface area contributed by atoms with Gasteiger partial charge in [-0.05, 0) is 44.9 Å². The largest absolute Gasteiger partial charge is 0.0654 e. The highest BCUT2D eigenvalue weighted by Crippen LogP contribution is 2.61. The molecule has 1 heteroatoms. The fourth-order valence-electron chi connectivity index (χ4n) is 4.30. The molecule has 0 spiro atoms. The van der Waals surface area contributed by atoms with Crippen LogP contribution in [0.4, 0.5) is 0 Å². The Morgan fingerprint density at radius 2 is 0.640 bits per heavy atom. The molecule has 0 aromatic heterocycles. The summed E-state index contributed by atoms with van der Waals surface area (Å²) in [4.78, 5) is 0. The minimum absolute atomic E-state index is 0.642. The van der Waals surface area contributed by atoms with Crippen LogP contribution in [0.1, 0.15) is 130 Å². The molecule has 0 unspecified atom stereocenters. The van der Waals surface area contributed by atoms with Gasteiger partial charge in [-0.25, -0.2) is 0 Å². The Morgan fingerprint density at radius 3 is 0.920 bits per heavy atom. The fourth-order valence-corrected chi connectivity index (χ4v) is 9.27. The summed E-state index contributed by atoms with van der Waals surface area (Å²) in [6.07, 6.45) is 30.0. The molecule has 0 bridgehead atoms. The van der Waals surface area contributed by atoms with Gasteiger partial charge in [0.05, 0.1) is 24.6 Å². The Labute approximate surface area is 162 Å². The Morgan fingerprint density at radius 1 is 0.320 bits per heavy atom. The second-order valence-corrected chi connectivity index (χ2v) is 13.0. The van der Waals surface area contributed by atoms with E-state index in [4.69, 9.17) is 0 Å². The summed E-state index contributed by atoms with van der Waals surface area (Å²) >= 11 is 0. The van der Waals surface area contributed by atoms with E-state index in [1.807, 2.05) is 0 Å². The predicted octanol–water partition coefficient (Wildman–Crippen LogP) is 9.33. The van der Waals surface area contributed by atoms with E-state index in [1.54, 1.807) is 24.6 Å². The molecule has 0 N–H and O–H groups in total. The number of hydrogen-bond acceptors (Lipinski definition) is 0. The van der Waals surface area contributed by atoms with Crippen LogP contribution in [0, 0.1) is 0 Å². The smallest absolute Gasteiger partial charge is 0.0594 e. The molecule has 152 valence electrons. The summed E-state index contributed by atoms with van der Waals surface area (Å²) in [5.41, 5.74) is 0. The van der Waals surface area contributed by atoms with Gasteiger partial charge in [0.15, 0.2) is 0 Å². The van der Waals surface area contributed by atoms with Gasteiger partial charge < -0.3 is 0 Å². The van der Waals surface area contributed by atoms with Crippen LogP contribution in [0.2, 0.25) is 0 Å². The van der Waals surface area contributed by atoms with Gasteiger partial charge in [-0.15, -0.1) is 0 Å². The average Bonchev–Trinajstić information content (AvgIpc) is 2.61. The highest BCUT2D eigenvalue weighted by molar-refractivity contribution is 7.75. The molecule has 0 aliphatic heterocycles. The maximum Gasteiger partial charge on any atom is 0.0594 e. The van der Waals surface area contributed by atoms with Crippen LogP contribution in [-0.4, -0.2) is 24.6 Å². The Hall–Kier alpha value is 0.430. The molecule has 0 saturated carbocycles. The van der Waals surface area contributed by atoms with E-state index in [0.29, 0.717) is 0 Å². The van der Waals surface area contributed by atoms with Crippen LogP contribution in [0.5, 0.6) is 0 Å². The summed E-state index contributed by atoms with van der Waals surface area (Å²) < 4.78 is 0. The summed E-state index contributed by atoms with van der Waals surface area (Å²) in [7, 11) is -0.642. The second kappa shape index (κ2) is 19.2. The molecule has 0 aromatic rings. The Kier molecular flexibility index (Phi) is 19.5. The highest BCUT2D eigenvalue weighted by Gasteiger charge is 2.34. The van der Waals surface area contributed by atoms with E-state index in [1.165, 1.54) is 103 Å². The first kappa shape index (κ1) is 25.4. The molecule has 0 radical (unpaired) electrons. The van der Waals surface area contributed by atoms with Gasteiger partial charge in [-0.3, -0.25) is 0 Å². The van der Waals surface area contributed by atoms with Crippen molar-refractivity contribution in [1.82, 2.24) is 0 Å². The average molecular weight is 372 g/mol. The lowest BCUT2D eigenvalue weighted by Crippen LogP contribution is -2.13. The third kappa shape index (κ3) is 15.2. The molecule has 0 atom stereocenters. The normalized spacial score (nSPS) is 12.0. The van der Waals surface area contributed by atoms with Gasteiger partial charge >= 0.3 is 0 Å². The van der Waals surface area contributed by atoms with Crippen molar-refractivity contribution in [2.24, 2.45) is 0 Å². The first-order valence-electron chi connectivity index (χ1n) is 12.1. The van der Waals surface area contributed by atoms with Crippen LogP contribution in [0.15, 0.2) is 0 Å². The van der Waals surface area contributed by atoms with Gasteiger partial charge in [0, 0.05) is 7.26 Å². The van der Waals surface area contributed by atoms with E-state index in [2.05, 4.69) is 27.7 Å². The summed E-state index contributed by atoms with van der Waals surface area (Å²) in [5.74, 6) is 0. The van der Waals surface area contributed by atoms with Gasteiger partial charge in [-0.1, -0.05) is 85.5 Å². The standard InChI is InChI=1S/C24H52P/c1-5-9-12-15-18-22-25(21-8-4,23-19-16-13-10-6-2)24-20-17-14-11-7-3/h5-24H2,1-4H3/q+1. The Balaban J connectivity index is 4.40. The lowest BCUT2D eigenvalue weighted by Gasteiger charge is -2.28. The first-order valence-corrected chi connectivity index (χ1v) is 14.6. The van der Waals surface area contributed by atoms with Crippen molar-refractivity contribution in [2.45, 2.75) is 130 Å². The van der Waals surface area contributed by atoms with Crippen LogP contribution in [0.3, 0.4) is 0 Å². The summed E-state index contributed by atoms with van der Waals surface area (Å²) in [5, 5.41) is 0. The van der Waals surface area contributed by atoms with Crippen molar-refractivity contribution in [3.05, 3.63) is 0 Å². The maximum absolute atomic E-state index is 2.44. The minimum Gasteiger partial charge on any atom is -0.0654 e. The fraction of sp³-hybridized carbons (Fsp3) is 1.00. The van der Waals surface area contributed by atoms with Crippen LogP contribution >= 0.6 is 7.26 Å². The predicted molar refractivity (Wildman–Crippen MR) is 123 cm³/mol. The van der Waals surface area contributed by atoms with E-state index in [9.17, 15) is 0 Å². The van der Waals surface area contributed by atoms with Crippen LogP contribution in [-0.2, 0) is 0 Å². The number of unbranched alkanes of at least 4 members (excludes halogenated alkanes) is 12. The van der Waals surface area contributed by atoms with Crippen molar-refractivity contribution in [3.63, 3.8) is 0 Å². The highest BCUT2D eigenvalue weighted by atomic mass is 31.2. The molecule has 0 aliphatic carbocycles. The summed E-state index contributed by atoms with van der Waals surface area (Å²) in [6.45, 7) is 9.45. The minimum atomic E-state index is -0.642. The van der Waals surface area contributed by atoms with Crippen molar-refractivity contribution < 1.29 is 0 Å². The van der Waals surface area contributed by atoms with Crippen LogP contribution < -0.4 is 0 Å². The summed E-state index contributed by atoms with van der Waals surface area (Å²) in [6, 6.07) is 0. The van der Waals surface area contributed by atoms with Gasteiger partial charge in [-0.2, -0.15) is 0 Å². The first-order chi connectivity index (χ1) is 12.2. The molecular weight excluding hydrogens is 319 g/mol. The zero-order chi connectivity index (χ0) is 18.6. The number of rotatable bonds is 20. The Bertz CT molecular complexity index is 212. The molecule has 25 heavy (non-hydrogen) atoms. The van der Waals surface area contributed by atoms with Gasteiger partial charge in [0.1, 0.15) is 0 Å². The molecule has 0 saturated heterocycles. The molecule has 0 fully saturated rings. The molecule has 0 heterocycles. The van der Waals surface area contributed by atoms with Gasteiger partial charge in [0.2, 0.25) is 0 Å². The van der Waals surface area contributed by atoms with E-state index in [0.717, 1.165) is 0 Å². The lowest BCUT2D eigenvalue weighted by molar-refractivity contribution is 0.643. The van der Waals surface area contributed by atoms with Crippen molar-refractivity contribution >= 4 is 7.26 Å². The lowest BCUT2D eigenvalue weighted by atomic mass is 10.2. The van der Waals surface area contributed by atoms with Crippen molar-refractivity contribution in [2.75, 3.05) is 24.6 Å². The molecule has 0 rings (SSSR count). The van der Waals surface area contributed by atoms with E-state index < -0.39 is 7.26 Å². The van der Waals surface area contributed by atoms with E-state index in [-0.39, 0.29) is 0 Å². The molecule has 0 nitrogen and oxygen atoms in total. The molecule has 0 aliphatic rings. The van der Waals surface area contributed by atoms with Crippen molar-refractivity contribution in [1.29, 1.82) is 0 Å². The monoisotopic (exact) mass is 371 g/mol. The SMILES string of the molecule is CCCCCCC[P+](CCC)(CCCCCCC)CCCCCCC. The zero-order valence-electron chi connectivity index (χ0n) is 18.6. The topological polar surface area (TPSA) is 0 Å². The van der Waals surface area contributed by atoms with Crippen molar-refractivity contribution in [3.8, 4) is 0 Å². The zero-order valence-corrected chi connectivity index (χ0v) is 19.5. The quantitative estimate of drug-likeness (QED) is 0.148. The number of hydrogen-bond donors (Lipinski definition) is 0. The third-order valence-corrected chi connectivity index (χ3v) is 11.1. The molecule has 0 aromatic carbocycles. The van der Waals surface area contributed by atoms with Gasteiger partial charge in [0.25, 0.3) is 0 Å². The maximum atomic E-state index is 2.44. The van der Waals surface area contributed by atoms with Crippen LogP contribution in [0.25, 0.3) is 0 Å². The van der Waals surface area contributed by atoms with E-state index >= 15 is 0 Å². The second-order valence-electron chi connectivity index (χ2n) is 8.48. The third-order valence-electron chi connectivity index (χ3n) is 5.91. The molecular formula is C24H52P+. The molecule has 0 amide bonds.